The maximum absolute atomic E-state index is 13.0. The van der Waals surface area contributed by atoms with Crippen LogP contribution in [0.4, 0.5) is 10.1 Å². The lowest BCUT2D eigenvalue weighted by Crippen LogP contribution is -2.41. The number of hydrogen-bond donors (Lipinski definition) is 1. The molecule has 0 atom stereocenters. The molecule has 1 N–H and O–H groups in total. The molecule has 1 aliphatic heterocycles. The van der Waals surface area contributed by atoms with Gasteiger partial charge in [0.25, 0.3) is 5.91 Å². The van der Waals surface area contributed by atoms with Gasteiger partial charge >= 0.3 is 0 Å². The van der Waals surface area contributed by atoms with E-state index in [4.69, 9.17) is 0 Å². The summed E-state index contributed by atoms with van der Waals surface area (Å²) < 4.78 is 14.8. The van der Waals surface area contributed by atoms with Gasteiger partial charge in [0.2, 0.25) is 5.91 Å². The summed E-state index contributed by atoms with van der Waals surface area (Å²) in [6.45, 7) is 0.984. The summed E-state index contributed by atoms with van der Waals surface area (Å²) in [5.74, 6) is -0.0302. The Morgan fingerprint density at radius 1 is 1.07 bits per heavy atom. The number of amides is 2. The Kier molecular flexibility index (Phi) is 5.33. The number of halogens is 1. The van der Waals surface area contributed by atoms with Crippen molar-refractivity contribution >= 4 is 17.5 Å². The Hall–Kier alpha value is -3.55. The van der Waals surface area contributed by atoms with Crippen LogP contribution in [0.3, 0.4) is 0 Å². The predicted octanol–water partition coefficient (Wildman–Crippen LogP) is 2.90. The van der Waals surface area contributed by atoms with Crippen molar-refractivity contribution < 1.29 is 14.0 Å². The second kappa shape index (κ2) is 8.22. The van der Waals surface area contributed by atoms with Crippen LogP contribution < -0.4 is 5.32 Å². The largest absolute Gasteiger partial charge is 0.339 e. The fourth-order valence-electron chi connectivity index (χ4n) is 3.37. The molecule has 3 aromatic rings. The van der Waals surface area contributed by atoms with Gasteiger partial charge in [-0.1, -0.05) is 0 Å². The van der Waals surface area contributed by atoms with Gasteiger partial charge in [-0.3, -0.25) is 14.2 Å². The number of carbonyl (C=O) groups is 2. The monoisotopic (exact) mass is 393 g/mol. The van der Waals surface area contributed by atoms with E-state index in [-0.39, 0.29) is 23.5 Å². The normalized spacial score (nSPS) is 14.6. The van der Waals surface area contributed by atoms with Gasteiger partial charge in [0.15, 0.2) is 0 Å². The molecule has 1 saturated heterocycles. The quantitative estimate of drug-likeness (QED) is 0.739. The van der Waals surface area contributed by atoms with Crippen molar-refractivity contribution in [2.45, 2.75) is 12.8 Å². The summed E-state index contributed by atoms with van der Waals surface area (Å²) in [5.41, 5.74) is 1.09. The van der Waals surface area contributed by atoms with Crippen molar-refractivity contribution in [3.8, 4) is 5.82 Å². The molecule has 8 heteroatoms. The van der Waals surface area contributed by atoms with E-state index < -0.39 is 0 Å². The first-order chi connectivity index (χ1) is 14.1. The first kappa shape index (κ1) is 18.8. The highest BCUT2D eigenvalue weighted by molar-refractivity contribution is 5.95. The molecule has 0 bridgehead atoms. The lowest BCUT2D eigenvalue weighted by Gasteiger charge is -2.31. The number of nitrogens with one attached hydrogen (secondary N) is 1. The van der Waals surface area contributed by atoms with Crippen LogP contribution in [0.15, 0.2) is 61.3 Å². The molecule has 7 nitrogen and oxygen atoms in total. The van der Waals surface area contributed by atoms with E-state index in [9.17, 15) is 14.0 Å². The van der Waals surface area contributed by atoms with Crippen LogP contribution in [0.1, 0.15) is 23.2 Å². The Labute approximate surface area is 167 Å². The SMILES string of the molecule is O=C(Nc1ccc(-n2ccnc2)nc1)C1CCN(C(=O)c2ccc(F)cc2)CC1. The van der Waals surface area contributed by atoms with Gasteiger partial charge in [0.1, 0.15) is 18.0 Å². The third-order valence-electron chi connectivity index (χ3n) is 5.03. The number of hydrogen-bond acceptors (Lipinski definition) is 4. The number of benzene rings is 1. The standard InChI is InChI=1S/C21H20FN5O2/c22-17-3-1-16(2-4-17)21(29)26-10-7-15(8-11-26)20(28)25-18-5-6-19(24-13-18)27-12-9-23-14-27/h1-6,9,12-15H,7-8,10-11H2,(H,25,28). The van der Waals surface area contributed by atoms with Crippen molar-refractivity contribution in [2.24, 2.45) is 5.92 Å². The van der Waals surface area contributed by atoms with Crippen LogP contribution in [0.5, 0.6) is 0 Å². The first-order valence-corrected chi connectivity index (χ1v) is 9.40. The topological polar surface area (TPSA) is 80.1 Å². The summed E-state index contributed by atoms with van der Waals surface area (Å²) >= 11 is 0. The molecule has 3 heterocycles. The summed E-state index contributed by atoms with van der Waals surface area (Å²) in [6, 6.07) is 9.13. The van der Waals surface area contributed by atoms with Gasteiger partial charge in [0.05, 0.1) is 11.9 Å². The Balaban J connectivity index is 1.31. The van der Waals surface area contributed by atoms with Crippen LogP contribution in [0, 0.1) is 11.7 Å². The van der Waals surface area contributed by atoms with Crippen molar-refractivity contribution in [3.63, 3.8) is 0 Å². The number of anilines is 1. The predicted molar refractivity (Wildman–Crippen MR) is 105 cm³/mol. The average molecular weight is 393 g/mol. The molecule has 0 radical (unpaired) electrons. The van der Waals surface area contributed by atoms with E-state index in [1.54, 1.807) is 46.5 Å². The molecule has 2 aromatic heterocycles. The Morgan fingerprint density at radius 2 is 1.83 bits per heavy atom. The minimum Gasteiger partial charge on any atom is -0.339 e. The molecule has 148 valence electrons. The lowest BCUT2D eigenvalue weighted by atomic mass is 9.95. The van der Waals surface area contributed by atoms with Crippen LogP contribution >= 0.6 is 0 Å². The zero-order valence-corrected chi connectivity index (χ0v) is 15.7. The van der Waals surface area contributed by atoms with Crippen molar-refractivity contribution in [2.75, 3.05) is 18.4 Å². The highest BCUT2D eigenvalue weighted by Crippen LogP contribution is 2.21. The summed E-state index contributed by atoms with van der Waals surface area (Å²) in [6.07, 6.45) is 7.90. The van der Waals surface area contributed by atoms with Crippen LogP contribution in [0.25, 0.3) is 5.82 Å². The fraction of sp³-hybridized carbons (Fsp3) is 0.238. The molecule has 0 unspecified atom stereocenters. The number of nitrogens with zero attached hydrogens (tertiary/aromatic N) is 4. The second-order valence-electron chi connectivity index (χ2n) is 6.94. The average Bonchev–Trinajstić information content (AvgIpc) is 3.29. The third-order valence-corrected chi connectivity index (χ3v) is 5.03. The smallest absolute Gasteiger partial charge is 0.253 e. The van der Waals surface area contributed by atoms with Crippen molar-refractivity contribution in [1.82, 2.24) is 19.4 Å². The van der Waals surface area contributed by atoms with Gasteiger partial charge in [-0.2, -0.15) is 0 Å². The van der Waals surface area contributed by atoms with Gasteiger partial charge in [-0.15, -0.1) is 0 Å². The highest BCUT2D eigenvalue weighted by atomic mass is 19.1. The summed E-state index contributed by atoms with van der Waals surface area (Å²) in [7, 11) is 0. The molecule has 29 heavy (non-hydrogen) atoms. The molecular weight excluding hydrogens is 373 g/mol. The summed E-state index contributed by atoms with van der Waals surface area (Å²) in [5, 5.41) is 2.89. The Morgan fingerprint density at radius 3 is 2.45 bits per heavy atom. The van der Waals surface area contributed by atoms with Gasteiger partial charge in [0, 0.05) is 37.0 Å². The van der Waals surface area contributed by atoms with E-state index in [0.717, 1.165) is 0 Å². The minimum atomic E-state index is -0.371. The molecule has 1 fully saturated rings. The number of aromatic nitrogens is 3. The maximum atomic E-state index is 13.0. The summed E-state index contributed by atoms with van der Waals surface area (Å²) in [4.78, 5) is 35.1. The molecule has 0 spiro atoms. The second-order valence-corrected chi connectivity index (χ2v) is 6.94. The van der Waals surface area contributed by atoms with Gasteiger partial charge in [-0.05, 0) is 49.2 Å². The maximum Gasteiger partial charge on any atom is 0.253 e. The molecule has 2 amide bonds. The fourth-order valence-corrected chi connectivity index (χ4v) is 3.37. The minimum absolute atomic E-state index is 0.0731. The molecular formula is C21H20FN5O2. The van der Waals surface area contributed by atoms with E-state index in [2.05, 4.69) is 15.3 Å². The zero-order valence-electron chi connectivity index (χ0n) is 15.7. The van der Waals surface area contributed by atoms with Crippen LogP contribution in [-0.2, 0) is 4.79 Å². The number of pyridine rings is 1. The number of likely N-dealkylation sites (tertiary alicyclic amines) is 1. The van der Waals surface area contributed by atoms with Crippen LogP contribution in [0.2, 0.25) is 0 Å². The van der Waals surface area contributed by atoms with E-state index in [1.165, 1.54) is 24.3 Å². The first-order valence-electron chi connectivity index (χ1n) is 9.40. The molecule has 0 saturated carbocycles. The molecule has 1 aromatic carbocycles. The number of imidazole rings is 1. The zero-order chi connectivity index (χ0) is 20.2. The lowest BCUT2D eigenvalue weighted by molar-refractivity contribution is -0.121. The van der Waals surface area contributed by atoms with Crippen LogP contribution in [-0.4, -0.2) is 44.3 Å². The molecule has 1 aliphatic rings. The van der Waals surface area contributed by atoms with Gasteiger partial charge < -0.3 is 10.2 Å². The number of carbonyl (C=O) groups excluding carboxylic acids is 2. The van der Waals surface area contributed by atoms with E-state index in [0.29, 0.717) is 43.0 Å². The van der Waals surface area contributed by atoms with E-state index >= 15 is 0 Å². The number of rotatable bonds is 4. The third kappa shape index (κ3) is 4.31. The van der Waals surface area contributed by atoms with Gasteiger partial charge in [-0.25, -0.2) is 14.4 Å². The molecule has 4 rings (SSSR count). The highest BCUT2D eigenvalue weighted by Gasteiger charge is 2.28. The van der Waals surface area contributed by atoms with Crippen molar-refractivity contribution in [3.05, 3.63) is 72.7 Å². The molecule has 0 aliphatic carbocycles. The number of piperidine rings is 1. The Bertz CT molecular complexity index is 979. The van der Waals surface area contributed by atoms with E-state index in [1.807, 2.05) is 0 Å². The van der Waals surface area contributed by atoms with Crippen molar-refractivity contribution in [1.29, 1.82) is 0 Å².